The van der Waals surface area contributed by atoms with Crippen LogP contribution in [0, 0.1) is 0 Å². The number of alkyl halides is 2. The van der Waals surface area contributed by atoms with Gasteiger partial charge in [0.1, 0.15) is 0 Å². The van der Waals surface area contributed by atoms with Gasteiger partial charge in [0, 0.05) is 18.0 Å². The average molecular weight is 275 g/mol. The number of hydrogen-bond donors (Lipinski definition) is 0. The molecule has 102 valence electrons. The quantitative estimate of drug-likeness (QED) is 0.844. The summed E-state index contributed by atoms with van der Waals surface area (Å²) in [6.45, 7) is -1.12. The van der Waals surface area contributed by atoms with Crippen LogP contribution in [0.4, 0.5) is 8.78 Å². The molecule has 0 unspecified atom stereocenters. The minimum absolute atomic E-state index is 0.0554. The Bertz CT molecular complexity index is 621. The zero-order valence-corrected chi connectivity index (χ0v) is 10.5. The fraction of sp³-hybridized carbons (Fsp3) is 0.214. The fourth-order valence-corrected chi connectivity index (χ4v) is 2.02. The molecule has 1 saturated heterocycles. The predicted octanol–water partition coefficient (Wildman–Crippen LogP) is 2.23. The zero-order chi connectivity index (χ0) is 14.2. The molecule has 1 aromatic heterocycles. The summed E-state index contributed by atoms with van der Waals surface area (Å²) in [5.74, 6) is -3.39. The smallest absolute Gasteiger partial charge is 0.292 e. The van der Waals surface area contributed by atoms with Gasteiger partial charge in [0.2, 0.25) is 5.82 Å². The van der Waals surface area contributed by atoms with Crippen molar-refractivity contribution in [3.63, 3.8) is 0 Å². The van der Waals surface area contributed by atoms with E-state index in [0.29, 0.717) is 0 Å². The molecule has 4 nitrogen and oxygen atoms in total. The molecule has 0 aliphatic carbocycles. The molecule has 1 aliphatic rings. The molecule has 0 spiro atoms. The van der Waals surface area contributed by atoms with Crippen LogP contribution in [-0.2, 0) is 0 Å². The minimum atomic E-state index is -2.78. The van der Waals surface area contributed by atoms with E-state index in [2.05, 4.69) is 9.97 Å². The zero-order valence-electron chi connectivity index (χ0n) is 10.5. The average Bonchev–Trinajstić information content (AvgIpc) is 2.45. The number of hydrogen-bond acceptors (Lipinski definition) is 3. The van der Waals surface area contributed by atoms with Gasteiger partial charge < -0.3 is 4.90 Å². The minimum Gasteiger partial charge on any atom is -0.324 e. The molecule has 1 amide bonds. The predicted molar refractivity (Wildman–Crippen MR) is 68.3 cm³/mol. The molecule has 0 radical (unpaired) electrons. The van der Waals surface area contributed by atoms with Crippen LogP contribution in [0.15, 0.2) is 42.7 Å². The maximum absolute atomic E-state index is 12.7. The highest BCUT2D eigenvalue weighted by Crippen LogP contribution is 2.27. The maximum Gasteiger partial charge on any atom is 0.292 e. The van der Waals surface area contributed by atoms with Crippen LogP contribution in [0.5, 0.6) is 0 Å². The second-order valence-corrected chi connectivity index (χ2v) is 4.68. The van der Waals surface area contributed by atoms with Crippen LogP contribution in [0.2, 0.25) is 0 Å². The molecule has 0 bridgehead atoms. The normalized spacial score (nSPS) is 16.6. The summed E-state index contributed by atoms with van der Waals surface area (Å²) in [4.78, 5) is 20.8. The van der Waals surface area contributed by atoms with Crippen LogP contribution >= 0.6 is 0 Å². The lowest BCUT2D eigenvalue weighted by atomic mass is 10.1. The van der Waals surface area contributed by atoms with Crippen molar-refractivity contribution in [3.05, 3.63) is 48.5 Å². The molecule has 3 rings (SSSR count). The SMILES string of the molecule is O=C(c1ncc(-c2ccccc2)cn1)N1CC(F)(F)C1. The fourth-order valence-electron chi connectivity index (χ4n) is 2.02. The number of amides is 1. The number of benzene rings is 1. The van der Waals surface area contributed by atoms with Crippen molar-refractivity contribution < 1.29 is 13.6 Å². The first-order valence-electron chi connectivity index (χ1n) is 6.10. The Morgan fingerprint density at radius 1 is 1.05 bits per heavy atom. The lowest BCUT2D eigenvalue weighted by Gasteiger charge is -2.38. The van der Waals surface area contributed by atoms with Crippen molar-refractivity contribution in [2.75, 3.05) is 13.1 Å². The molecule has 1 aromatic carbocycles. The van der Waals surface area contributed by atoms with E-state index < -0.39 is 24.9 Å². The van der Waals surface area contributed by atoms with E-state index in [0.717, 1.165) is 16.0 Å². The van der Waals surface area contributed by atoms with Gasteiger partial charge in [0.25, 0.3) is 11.8 Å². The van der Waals surface area contributed by atoms with Crippen molar-refractivity contribution in [2.24, 2.45) is 0 Å². The Hall–Kier alpha value is -2.37. The number of nitrogens with zero attached hydrogens (tertiary/aromatic N) is 3. The third-order valence-corrected chi connectivity index (χ3v) is 3.08. The lowest BCUT2D eigenvalue weighted by molar-refractivity contribution is -0.113. The van der Waals surface area contributed by atoms with E-state index in [1.165, 1.54) is 12.4 Å². The second-order valence-electron chi connectivity index (χ2n) is 4.68. The standard InChI is InChI=1S/C14H11F2N3O/c15-14(16)8-19(9-14)13(20)12-17-6-11(7-18-12)10-4-2-1-3-5-10/h1-7H,8-9H2. The molecule has 0 N–H and O–H groups in total. The molecule has 1 fully saturated rings. The van der Waals surface area contributed by atoms with Crippen molar-refractivity contribution in [2.45, 2.75) is 5.92 Å². The van der Waals surface area contributed by atoms with E-state index in [-0.39, 0.29) is 5.82 Å². The summed E-state index contributed by atoms with van der Waals surface area (Å²) in [7, 11) is 0. The number of halogens is 2. The first-order chi connectivity index (χ1) is 9.55. The number of carbonyl (C=O) groups is 1. The summed E-state index contributed by atoms with van der Waals surface area (Å²) in [5, 5.41) is 0. The maximum atomic E-state index is 12.7. The summed E-state index contributed by atoms with van der Waals surface area (Å²) in [6.07, 6.45) is 3.04. The lowest BCUT2D eigenvalue weighted by Crippen LogP contribution is -2.58. The summed E-state index contributed by atoms with van der Waals surface area (Å²) in [6, 6.07) is 9.46. The van der Waals surface area contributed by atoms with Crippen LogP contribution < -0.4 is 0 Å². The summed E-state index contributed by atoms with van der Waals surface area (Å²) in [5.41, 5.74) is 1.71. The molecule has 0 saturated carbocycles. The number of carbonyl (C=O) groups excluding carboxylic acids is 1. The van der Waals surface area contributed by atoms with E-state index >= 15 is 0 Å². The van der Waals surface area contributed by atoms with Gasteiger partial charge in [-0.15, -0.1) is 0 Å². The van der Waals surface area contributed by atoms with Crippen LogP contribution in [0.3, 0.4) is 0 Å². The third kappa shape index (κ3) is 2.36. The van der Waals surface area contributed by atoms with Crippen LogP contribution in [0.1, 0.15) is 10.6 Å². The van der Waals surface area contributed by atoms with Gasteiger partial charge in [0.05, 0.1) is 13.1 Å². The highest BCUT2D eigenvalue weighted by atomic mass is 19.3. The molecule has 2 heterocycles. The van der Waals surface area contributed by atoms with Gasteiger partial charge in [-0.05, 0) is 5.56 Å². The van der Waals surface area contributed by atoms with E-state index in [4.69, 9.17) is 0 Å². The van der Waals surface area contributed by atoms with Crippen molar-refractivity contribution in [1.82, 2.24) is 14.9 Å². The first kappa shape index (κ1) is 12.7. The number of aromatic nitrogens is 2. The third-order valence-electron chi connectivity index (χ3n) is 3.08. The Morgan fingerprint density at radius 2 is 1.65 bits per heavy atom. The van der Waals surface area contributed by atoms with E-state index in [1.54, 1.807) is 0 Å². The van der Waals surface area contributed by atoms with Crippen LogP contribution in [-0.4, -0.2) is 39.8 Å². The van der Waals surface area contributed by atoms with E-state index in [9.17, 15) is 13.6 Å². The second kappa shape index (κ2) is 4.63. The topological polar surface area (TPSA) is 46.1 Å². The molecule has 6 heteroatoms. The van der Waals surface area contributed by atoms with Gasteiger partial charge in [-0.1, -0.05) is 30.3 Å². The molecule has 0 atom stereocenters. The van der Waals surface area contributed by atoms with Crippen molar-refractivity contribution in [1.29, 1.82) is 0 Å². The largest absolute Gasteiger partial charge is 0.324 e. The summed E-state index contributed by atoms with van der Waals surface area (Å²) >= 11 is 0. The van der Waals surface area contributed by atoms with Gasteiger partial charge in [0.15, 0.2) is 0 Å². The molecule has 2 aromatic rings. The Morgan fingerprint density at radius 3 is 2.20 bits per heavy atom. The molecular formula is C14H11F2N3O. The monoisotopic (exact) mass is 275 g/mol. The van der Waals surface area contributed by atoms with Crippen molar-refractivity contribution in [3.8, 4) is 11.1 Å². The van der Waals surface area contributed by atoms with Gasteiger partial charge in [-0.25, -0.2) is 18.7 Å². The first-order valence-corrected chi connectivity index (χ1v) is 6.10. The molecule has 1 aliphatic heterocycles. The summed E-state index contributed by atoms with van der Waals surface area (Å²) < 4.78 is 25.4. The van der Waals surface area contributed by atoms with Crippen molar-refractivity contribution >= 4 is 5.91 Å². The highest BCUT2D eigenvalue weighted by molar-refractivity contribution is 5.91. The Balaban J connectivity index is 1.75. The van der Waals surface area contributed by atoms with Gasteiger partial charge in [-0.2, -0.15) is 0 Å². The molecular weight excluding hydrogens is 264 g/mol. The van der Waals surface area contributed by atoms with E-state index in [1.807, 2.05) is 30.3 Å². The number of likely N-dealkylation sites (tertiary alicyclic amines) is 1. The Labute approximate surface area is 114 Å². The molecule has 20 heavy (non-hydrogen) atoms. The Kier molecular flexibility index (Phi) is 2.93. The number of rotatable bonds is 2. The van der Waals surface area contributed by atoms with Gasteiger partial charge in [-0.3, -0.25) is 4.79 Å². The highest BCUT2D eigenvalue weighted by Gasteiger charge is 2.46. The van der Waals surface area contributed by atoms with Crippen LogP contribution in [0.25, 0.3) is 11.1 Å². The van der Waals surface area contributed by atoms with Gasteiger partial charge >= 0.3 is 0 Å².